The Morgan fingerprint density at radius 1 is 1.16 bits per heavy atom. The second kappa shape index (κ2) is 7.90. The summed E-state index contributed by atoms with van der Waals surface area (Å²) in [4.78, 5) is 0. The maximum Gasteiger partial charge on any atom is 0.173 e. The lowest BCUT2D eigenvalue weighted by atomic mass is 10.1. The van der Waals surface area contributed by atoms with E-state index in [1.807, 2.05) is 55.2 Å². The second-order valence-corrected chi connectivity index (χ2v) is 5.94. The summed E-state index contributed by atoms with van der Waals surface area (Å²) >= 11 is 0. The van der Waals surface area contributed by atoms with Crippen molar-refractivity contribution < 1.29 is 17.0 Å². The van der Waals surface area contributed by atoms with Crippen molar-refractivity contribution in [2.24, 2.45) is 17.3 Å². The first kappa shape index (κ1) is 18.6. The summed E-state index contributed by atoms with van der Waals surface area (Å²) in [6.45, 7) is 4.67. The van der Waals surface area contributed by atoms with Gasteiger partial charge in [0.1, 0.15) is 18.6 Å². The number of nitrogens with zero attached hydrogens (tertiary/aromatic N) is 5. The van der Waals surface area contributed by atoms with Crippen LogP contribution < -0.4 is 22.7 Å². The van der Waals surface area contributed by atoms with Gasteiger partial charge in [-0.2, -0.15) is 10.2 Å². The number of rotatable bonds is 4. The highest BCUT2D eigenvalue weighted by Gasteiger charge is 2.09. The number of hydrogen-bond acceptors (Lipinski definition) is 4. The molecular formula is C18H21ClN6. The predicted octanol–water partition coefficient (Wildman–Crippen LogP) is 0.374. The van der Waals surface area contributed by atoms with Gasteiger partial charge in [-0.05, 0) is 31.5 Å². The molecule has 130 valence electrons. The normalized spacial score (nSPS) is 10.8. The van der Waals surface area contributed by atoms with E-state index >= 15 is 0 Å². The van der Waals surface area contributed by atoms with Gasteiger partial charge in [-0.3, -0.25) is 0 Å². The Kier molecular flexibility index (Phi) is 5.88. The molecule has 1 aromatic carbocycles. The lowest BCUT2D eigenvalue weighted by Crippen LogP contribution is -3.00. The largest absolute Gasteiger partial charge is 1.00 e. The van der Waals surface area contributed by atoms with Crippen LogP contribution in [-0.4, -0.2) is 9.78 Å². The molecule has 0 amide bonds. The molecule has 0 saturated carbocycles. The minimum Gasteiger partial charge on any atom is -1.00 e. The van der Waals surface area contributed by atoms with Gasteiger partial charge in [0.15, 0.2) is 12.4 Å². The van der Waals surface area contributed by atoms with Gasteiger partial charge < -0.3 is 18.1 Å². The Labute approximate surface area is 153 Å². The first-order valence-corrected chi connectivity index (χ1v) is 7.77. The first-order valence-electron chi connectivity index (χ1n) is 7.77. The smallest absolute Gasteiger partial charge is 0.173 e. The van der Waals surface area contributed by atoms with E-state index < -0.39 is 0 Å². The Morgan fingerprint density at radius 2 is 1.92 bits per heavy atom. The zero-order valence-electron chi connectivity index (χ0n) is 14.5. The molecule has 0 atom stereocenters. The number of aromatic nitrogens is 3. The standard InChI is InChI=1S/C18H21N6.ClH/c1-13-6-7-16(14(2)9-13)21-22-17-10-20-24(18(17)19)12-15-5-4-8-23(3)11-15;/h4-11H,12,19H2,1-3H3;1H/q+1;/p-1/b22-21+;. The SMILES string of the molecule is Cc1ccc(/N=N/c2cnn(Cc3ccc[n+](C)c3)c2N)c(C)c1.[Cl-]. The van der Waals surface area contributed by atoms with E-state index in [0.29, 0.717) is 18.1 Å². The van der Waals surface area contributed by atoms with E-state index in [4.69, 9.17) is 5.73 Å². The van der Waals surface area contributed by atoms with Crippen molar-refractivity contribution in [2.75, 3.05) is 5.73 Å². The van der Waals surface area contributed by atoms with Crippen molar-refractivity contribution in [2.45, 2.75) is 20.4 Å². The van der Waals surface area contributed by atoms with Gasteiger partial charge in [0.25, 0.3) is 0 Å². The zero-order chi connectivity index (χ0) is 17.1. The van der Waals surface area contributed by atoms with Gasteiger partial charge in [-0.15, -0.1) is 5.11 Å². The lowest BCUT2D eigenvalue weighted by Gasteiger charge is -2.03. The fourth-order valence-electron chi connectivity index (χ4n) is 2.53. The van der Waals surface area contributed by atoms with Gasteiger partial charge in [0, 0.05) is 11.6 Å². The molecule has 3 rings (SSSR count). The maximum atomic E-state index is 6.16. The Bertz CT molecular complexity index is 900. The minimum atomic E-state index is 0. The van der Waals surface area contributed by atoms with Crippen molar-refractivity contribution in [1.29, 1.82) is 0 Å². The van der Waals surface area contributed by atoms with Crippen LogP contribution in [0.4, 0.5) is 17.2 Å². The number of pyridine rings is 1. The highest BCUT2D eigenvalue weighted by atomic mass is 35.5. The van der Waals surface area contributed by atoms with Crippen LogP contribution in [0.15, 0.2) is 59.2 Å². The van der Waals surface area contributed by atoms with Gasteiger partial charge in [-0.1, -0.05) is 17.7 Å². The van der Waals surface area contributed by atoms with Crippen LogP contribution in [-0.2, 0) is 13.6 Å². The average Bonchev–Trinajstić information content (AvgIpc) is 2.87. The summed E-state index contributed by atoms with van der Waals surface area (Å²) in [6.07, 6.45) is 5.67. The van der Waals surface area contributed by atoms with Crippen molar-refractivity contribution in [1.82, 2.24) is 9.78 Å². The van der Waals surface area contributed by atoms with Crippen molar-refractivity contribution in [3.8, 4) is 0 Å². The minimum absolute atomic E-state index is 0. The Hall–Kier alpha value is -2.73. The molecule has 0 spiro atoms. The summed E-state index contributed by atoms with van der Waals surface area (Å²) in [6, 6.07) is 10.1. The molecule has 0 saturated heterocycles. The molecule has 0 aliphatic rings. The number of nitrogens with two attached hydrogens (primary N) is 1. The van der Waals surface area contributed by atoms with Gasteiger partial charge >= 0.3 is 0 Å². The van der Waals surface area contributed by atoms with Crippen LogP contribution >= 0.6 is 0 Å². The number of nitrogen functional groups attached to an aromatic ring is 1. The zero-order valence-corrected chi connectivity index (χ0v) is 15.3. The Balaban J connectivity index is 0.00000225. The maximum absolute atomic E-state index is 6.16. The molecular weight excluding hydrogens is 336 g/mol. The second-order valence-electron chi connectivity index (χ2n) is 5.94. The van der Waals surface area contributed by atoms with E-state index in [1.54, 1.807) is 10.9 Å². The van der Waals surface area contributed by atoms with Gasteiger partial charge in [0.05, 0.1) is 18.4 Å². The average molecular weight is 357 g/mol. The summed E-state index contributed by atoms with van der Waals surface area (Å²) in [5.74, 6) is 0.509. The number of hydrogen-bond donors (Lipinski definition) is 1. The number of anilines is 1. The van der Waals surface area contributed by atoms with Gasteiger partial charge in [-0.25, -0.2) is 9.25 Å². The number of benzene rings is 1. The first-order chi connectivity index (χ1) is 11.5. The van der Waals surface area contributed by atoms with Crippen LogP contribution in [0.1, 0.15) is 16.7 Å². The van der Waals surface area contributed by atoms with Crippen molar-refractivity contribution in [3.63, 3.8) is 0 Å². The van der Waals surface area contributed by atoms with Crippen LogP contribution in [0.3, 0.4) is 0 Å². The molecule has 0 bridgehead atoms. The molecule has 2 aromatic heterocycles. The molecule has 7 heteroatoms. The van der Waals surface area contributed by atoms with E-state index in [-0.39, 0.29) is 12.4 Å². The predicted molar refractivity (Wildman–Crippen MR) is 93.5 cm³/mol. The van der Waals surface area contributed by atoms with E-state index in [0.717, 1.165) is 16.8 Å². The highest BCUT2D eigenvalue weighted by Crippen LogP contribution is 2.26. The van der Waals surface area contributed by atoms with E-state index in [9.17, 15) is 0 Å². The fourth-order valence-corrected chi connectivity index (χ4v) is 2.53. The summed E-state index contributed by atoms with van der Waals surface area (Å²) < 4.78 is 3.72. The topological polar surface area (TPSA) is 72.4 Å². The van der Waals surface area contributed by atoms with Crippen LogP contribution in [0.5, 0.6) is 0 Å². The molecule has 0 fully saturated rings. The summed E-state index contributed by atoms with van der Waals surface area (Å²) in [5.41, 5.74) is 11.0. The fraction of sp³-hybridized carbons (Fsp3) is 0.222. The monoisotopic (exact) mass is 356 g/mol. The molecule has 25 heavy (non-hydrogen) atoms. The number of aryl methyl sites for hydroxylation is 3. The summed E-state index contributed by atoms with van der Waals surface area (Å²) in [7, 11) is 1.99. The molecule has 3 aromatic rings. The third-order valence-electron chi connectivity index (χ3n) is 3.81. The van der Waals surface area contributed by atoms with Crippen LogP contribution in [0, 0.1) is 13.8 Å². The molecule has 0 aliphatic carbocycles. The van der Waals surface area contributed by atoms with Crippen LogP contribution in [0.25, 0.3) is 0 Å². The molecule has 0 unspecified atom stereocenters. The van der Waals surface area contributed by atoms with Crippen molar-refractivity contribution >= 4 is 17.2 Å². The van der Waals surface area contributed by atoms with Crippen molar-refractivity contribution in [3.05, 3.63) is 65.6 Å². The van der Waals surface area contributed by atoms with Crippen LogP contribution in [0.2, 0.25) is 0 Å². The third kappa shape index (κ3) is 4.42. The molecule has 2 N–H and O–H groups in total. The van der Waals surface area contributed by atoms with Gasteiger partial charge in [0.2, 0.25) is 0 Å². The lowest BCUT2D eigenvalue weighted by molar-refractivity contribution is -0.671. The molecule has 6 nitrogen and oxygen atoms in total. The number of halogens is 1. The quantitative estimate of drug-likeness (QED) is 0.542. The molecule has 0 aliphatic heterocycles. The summed E-state index contributed by atoms with van der Waals surface area (Å²) in [5, 5.41) is 12.9. The number of azo groups is 1. The molecule has 0 radical (unpaired) electrons. The third-order valence-corrected chi connectivity index (χ3v) is 3.81. The van der Waals surface area contributed by atoms with E-state index in [2.05, 4.69) is 28.3 Å². The Morgan fingerprint density at radius 3 is 2.64 bits per heavy atom. The highest BCUT2D eigenvalue weighted by molar-refractivity contribution is 5.57. The molecule has 2 heterocycles. The van der Waals surface area contributed by atoms with E-state index in [1.165, 1.54) is 5.56 Å².